The minimum atomic E-state index is -1.36. The fraction of sp³-hybridized carbons (Fsp3) is 0.875. The standard InChI is InChI=1S/C8H16BNO5/c10-8(7(11)12)3-6(4-15-5-8)1-2-9(13)14/h6,13-14H,1-5,10H2,(H,11,12)/t6-,8+/m0/s1. The number of rotatable bonds is 4. The zero-order valence-corrected chi connectivity index (χ0v) is 8.43. The number of aliphatic carboxylic acids is 1. The summed E-state index contributed by atoms with van der Waals surface area (Å²) in [6.45, 7) is 0.444. The Balaban J connectivity index is 2.45. The molecule has 0 aromatic carbocycles. The second-order valence-corrected chi connectivity index (χ2v) is 4.10. The molecule has 15 heavy (non-hydrogen) atoms. The van der Waals surface area contributed by atoms with Crippen LogP contribution in [-0.4, -0.2) is 47.0 Å². The van der Waals surface area contributed by atoms with Crippen LogP contribution in [0.3, 0.4) is 0 Å². The largest absolute Gasteiger partial charge is 0.480 e. The molecule has 0 aromatic heterocycles. The van der Waals surface area contributed by atoms with Gasteiger partial charge in [-0.3, -0.25) is 4.79 Å². The number of ether oxygens (including phenoxy) is 1. The lowest BCUT2D eigenvalue weighted by Crippen LogP contribution is -2.56. The minimum absolute atomic E-state index is 0.0144. The van der Waals surface area contributed by atoms with Crippen molar-refractivity contribution in [1.29, 1.82) is 0 Å². The summed E-state index contributed by atoms with van der Waals surface area (Å²) < 4.78 is 5.12. The number of carboxylic acids is 1. The van der Waals surface area contributed by atoms with Crippen molar-refractivity contribution >= 4 is 13.1 Å². The van der Waals surface area contributed by atoms with Crippen LogP contribution in [0.5, 0.6) is 0 Å². The first-order chi connectivity index (χ1) is 6.94. The molecule has 86 valence electrons. The van der Waals surface area contributed by atoms with Crippen LogP contribution in [0.1, 0.15) is 12.8 Å². The molecule has 0 spiro atoms. The molecule has 1 heterocycles. The molecule has 1 aliphatic rings. The summed E-state index contributed by atoms with van der Waals surface area (Å²) in [5, 5.41) is 26.3. The van der Waals surface area contributed by atoms with E-state index < -0.39 is 18.6 Å². The Morgan fingerprint density at radius 3 is 2.80 bits per heavy atom. The van der Waals surface area contributed by atoms with Crippen LogP contribution in [0.15, 0.2) is 0 Å². The minimum Gasteiger partial charge on any atom is -0.480 e. The third-order valence-corrected chi connectivity index (χ3v) is 2.63. The molecule has 0 aromatic rings. The van der Waals surface area contributed by atoms with Crippen molar-refractivity contribution in [3.63, 3.8) is 0 Å². The van der Waals surface area contributed by atoms with Crippen molar-refractivity contribution in [2.75, 3.05) is 13.2 Å². The Morgan fingerprint density at radius 2 is 2.27 bits per heavy atom. The van der Waals surface area contributed by atoms with Gasteiger partial charge in [-0.1, -0.05) is 0 Å². The lowest BCUT2D eigenvalue weighted by molar-refractivity contribution is -0.150. The highest BCUT2D eigenvalue weighted by Crippen LogP contribution is 2.25. The van der Waals surface area contributed by atoms with Gasteiger partial charge in [-0.05, 0) is 25.1 Å². The Kier molecular flexibility index (Phi) is 4.09. The average Bonchev–Trinajstić information content (AvgIpc) is 2.15. The van der Waals surface area contributed by atoms with E-state index >= 15 is 0 Å². The number of hydrogen-bond acceptors (Lipinski definition) is 5. The molecule has 1 saturated heterocycles. The summed E-state index contributed by atoms with van der Waals surface area (Å²) in [4.78, 5) is 10.9. The van der Waals surface area contributed by atoms with Crippen LogP contribution in [-0.2, 0) is 9.53 Å². The molecular formula is C8H16BNO5. The molecule has 1 aliphatic heterocycles. The highest BCUT2D eigenvalue weighted by molar-refractivity contribution is 6.40. The summed E-state index contributed by atoms with van der Waals surface area (Å²) in [7, 11) is -1.36. The first kappa shape index (κ1) is 12.4. The van der Waals surface area contributed by atoms with Crippen molar-refractivity contribution in [2.45, 2.75) is 24.7 Å². The second-order valence-electron chi connectivity index (χ2n) is 4.10. The van der Waals surface area contributed by atoms with Gasteiger partial charge in [0.15, 0.2) is 0 Å². The molecule has 7 heteroatoms. The topological polar surface area (TPSA) is 113 Å². The van der Waals surface area contributed by atoms with Gasteiger partial charge in [-0.25, -0.2) is 0 Å². The van der Waals surface area contributed by atoms with E-state index in [4.69, 9.17) is 25.6 Å². The molecule has 6 nitrogen and oxygen atoms in total. The fourth-order valence-corrected chi connectivity index (χ4v) is 1.76. The van der Waals surface area contributed by atoms with Crippen LogP contribution in [0, 0.1) is 5.92 Å². The smallest absolute Gasteiger partial charge is 0.451 e. The van der Waals surface area contributed by atoms with Crippen LogP contribution in [0.4, 0.5) is 0 Å². The van der Waals surface area contributed by atoms with E-state index in [0.717, 1.165) is 0 Å². The Labute approximate surface area is 88.2 Å². The van der Waals surface area contributed by atoms with Gasteiger partial charge < -0.3 is 25.6 Å². The van der Waals surface area contributed by atoms with Crippen LogP contribution in [0.25, 0.3) is 0 Å². The lowest BCUT2D eigenvalue weighted by Gasteiger charge is -2.34. The van der Waals surface area contributed by atoms with E-state index in [1.807, 2.05) is 0 Å². The number of carbonyl (C=O) groups is 1. The average molecular weight is 217 g/mol. The summed E-state index contributed by atoms with van der Waals surface area (Å²) in [6, 6.07) is 0. The molecule has 1 rings (SSSR count). The maximum Gasteiger partial charge on any atom is 0.451 e. The van der Waals surface area contributed by atoms with Gasteiger partial charge >= 0.3 is 13.1 Å². The highest BCUT2D eigenvalue weighted by atomic mass is 16.5. The van der Waals surface area contributed by atoms with Gasteiger partial charge in [0, 0.05) is 6.61 Å². The molecule has 0 bridgehead atoms. The van der Waals surface area contributed by atoms with E-state index in [-0.39, 0.29) is 18.8 Å². The molecule has 2 atom stereocenters. The fourth-order valence-electron chi connectivity index (χ4n) is 1.76. The van der Waals surface area contributed by atoms with E-state index in [1.165, 1.54) is 0 Å². The number of hydrogen-bond donors (Lipinski definition) is 4. The molecule has 1 fully saturated rings. The predicted molar refractivity (Wildman–Crippen MR) is 53.1 cm³/mol. The Hall–Kier alpha value is -0.625. The number of nitrogens with two attached hydrogens (primary N) is 1. The summed E-state index contributed by atoms with van der Waals surface area (Å²) in [5.74, 6) is -1.10. The molecule has 5 N–H and O–H groups in total. The van der Waals surface area contributed by atoms with Gasteiger partial charge in [-0.2, -0.15) is 0 Å². The molecule has 0 saturated carbocycles. The first-order valence-corrected chi connectivity index (χ1v) is 4.90. The highest BCUT2D eigenvalue weighted by Gasteiger charge is 2.40. The van der Waals surface area contributed by atoms with E-state index in [0.29, 0.717) is 19.4 Å². The van der Waals surface area contributed by atoms with Gasteiger partial charge in [0.05, 0.1) is 6.61 Å². The van der Waals surface area contributed by atoms with E-state index in [9.17, 15) is 4.79 Å². The van der Waals surface area contributed by atoms with Crippen molar-refractivity contribution in [3.8, 4) is 0 Å². The second kappa shape index (κ2) is 4.93. The van der Waals surface area contributed by atoms with Crippen molar-refractivity contribution < 1.29 is 24.7 Å². The SMILES string of the molecule is N[C@@]1(C(=O)O)COC[C@@H](CCB(O)O)C1. The molecule has 0 radical (unpaired) electrons. The van der Waals surface area contributed by atoms with Crippen molar-refractivity contribution in [1.82, 2.24) is 0 Å². The van der Waals surface area contributed by atoms with E-state index in [1.54, 1.807) is 0 Å². The lowest BCUT2D eigenvalue weighted by atomic mass is 9.77. The monoisotopic (exact) mass is 217 g/mol. The Bertz CT molecular complexity index is 237. The predicted octanol–water partition coefficient (Wildman–Crippen LogP) is -1.33. The van der Waals surface area contributed by atoms with Crippen LogP contribution < -0.4 is 5.73 Å². The maximum atomic E-state index is 10.9. The molecular weight excluding hydrogens is 201 g/mol. The number of carboxylic acid groups (broad SMARTS) is 1. The Morgan fingerprint density at radius 1 is 1.60 bits per heavy atom. The first-order valence-electron chi connectivity index (χ1n) is 4.90. The normalized spacial score (nSPS) is 31.3. The van der Waals surface area contributed by atoms with Crippen molar-refractivity contribution in [2.24, 2.45) is 11.7 Å². The molecule has 0 amide bonds. The quantitative estimate of drug-likeness (QED) is 0.434. The summed E-state index contributed by atoms with van der Waals surface area (Å²) >= 11 is 0. The third kappa shape index (κ3) is 3.46. The van der Waals surface area contributed by atoms with Crippen molar-refractivity contribution in [3.05, 3.63) is 0 Å². The third-order valence-electron chi connectivity index (χ3n) is 2.63. The van der Waals surface area contributed by atoms with Gasteiger partial charge in [0.1, 0.15) is 5.54 Å². The van der Waals surface area contributed by atoms with Gasteiger partial charge in [-0.15, -0.1) is 0 Å². The van der Waals surface area contributed by atoms with E-state index in [2.05, 4.69) is 0 Å². The zero-order valence-electron chi connectivity index (χ0n) is 8.43. The van der Waals surface area contributed by atoms with Gasteiger partial charge in [0.25, 0.3) is 0 Å². The van der Waals surface area contributed by atoms with Crippen LogP contribution >= 0.6 is 0 Å². The zero-order chi connectivity index (χ0) is 11.5. The summed E-state index contributed by atoms with van der Waals surface area (Å²) in [6.07, 6.45) is 1.03. The molecule has 0 unspecified atom stereocenters. The van der Waals surface area contributed by atoms with Crippen LogP contribution in [0.2, 0.25) is 6.32 Å². The maximum absolute atomic E-state index is 10.9. The summed E-state index contributed by atoms with van der Waals surface area (Å²) in [5.41, 5.74) is 4.32. The molecule has 0 aliphatic carbocycles. The van der Waals surface area contributed by atoms with Gasteiger partial charge in [0.2, 0.25) is 0 Å².